The van der Waals surface area contributed by atoms with E-state index in [4.69, 9.17) is 19.4 Å². The molecule has 2 aliphatic heterocycles. The maximum absolute atomic E-state index is 6.29. The third-order valence-corrected chi connectivity index (χ3v) is 13.8. The predicted molar refractivity (Wildman–Crippen MR) is 292 cm³/mol. The van der Waals surface area contributed by atoms with Gasteiger partial charge in [-0.1, -0.05) is 107 Å². The second-order valence-corrected chi connectivity index (χ2v) is 18.9. The van der Waals surface area contributed by atoms with E-state index in [1.165, 1.54) is 50.0 Å². The van der Waals surface area contributed by atoms with Crippen molar-refractivity contribution < 1.29 is 9.47 Å². The lowest BCUT2D eigenvalue weighted by molar-refractivity contribution is 0.302. The average Bonchev–Trinajstić information content (AvgIpc) is 4.25. The van der Waals surface area contributed by atoms with Crippen molar-refractivity contribution in [3.63, 3.8) is 0 Å². The van der Waals surface area contributed by atoms with Crippen molar-refractivity contribution in [3.8, 4) is 67.5 Å². The lowest BCUT2D eigenvalue weighted by atomic mass is 9.86. The van der Waals surface area contributed by atoms with Gasteiger partial charge in [-0.3, -0.25) is 0 Å². The van der Waals surface area contributed by atoms with E-state index in [1.807, 2.05) is 12.4 Å². The summed E-state index contributed by atoms with van der Waals surface area (Å²) in [6.45, 7) is 9.70. The van der Waals surface area contributed by atoms with Gasteiger partial charge in [0.2, 0.25) is 0 Å². The number of nitrogens with zero attached hydrogens (tertiary/aromatic N) is 4. The van der Waals surface area contributed by atoms with Crippen LogP contribution in [-0.4, -0.2) is 39.9 Å². The molecule has 5 aromatic carbocycles. The van der Waals surface area contributed by atoms with Crippen LogP contribution in [0.4, 0.5) is 0 Å². The van der Waals surface area contributed by atoms with Crippen molar-refractivity contribution in [1.29, 1.82) is 0 Å². The molecule has 10 heteroatoms. The summed E-state index contributed by atoms with van der Waals surface area (Å²) < 4.78 is 12.6. The van der Waals surface area contributed by atoms with Crippen LogP contribution < -0.4 is 9.47 Å². The molecule has 0 spiro atoms. The number of aromatic nitrogens is 8. The second kappa shape index (κ2) is 20.8. The Kier molecular flexibility index (Phi) is 13.4. The molecule has 0 amide bonds. The van der Waals surface area contributed by atoms with Gasteiger partial charge in [-0.15, -0.1) is 0 Å². The Morgan fingerprint density at radius 1 is 0.472 bits per heavy atom. The summed E-state index contributed by atoms with van der Waals surface area (Å²) in [4.78, 5) is 32.9. The minimum atomic E-state index is 0.547. The molecular formula is C62H62N8O2. The molecule has 362 valence electrons. The molecule has 3 aliphatic rings. The molecule has 1 aliphatic carbocycles. The number of benzene rings is 5. The van der Waals surface area contributed by atoms with Crippen molar-refractivity contribution in [2.75, 3.05) is 0 Å². The van der Waals surface area contributed by atoms with E-state index in [1.54, 1.807) is 0 Å². The normalized spacial score (nSPS) is 13.5. The molecule has 0 radical (unpaired) electrons. The van der Waals surface area contributed by atoms with Crippen LogP contribution in [0.25, 0.3) is 77.8 Å². The van der Waals surface area contributed by atoms with Crippen molar-refractivity contribution >= 4 is 21.8 Å². The van der Waals surface area contributed by atoms with Crippen LogP contribution in [0.1, 0.15) is 99.1 Å². The van der Waals surface area contributed by atoms with Crippen LogP contribution in [-0.2, 0) is 51.7 Å². The Morgan fingerprint density at radius 3 is 1.62 bits per heavy atom. The highest BCUT2D eigenvalue weighted by Gasteiger charge is 2.26. The molecule has 0 atom stereocenters. The fourth-order valence-corrected chi connectivity index (χ4v) is 10.2. The fourth-order valence-electron chi connectivity index (χ4n) is 10.2. The number of nitrogens with one attached hydrogen (secondary N) is 4. The average molecular weight is 951 g/mol. The largest absolute Gasteiger partial charge is 0.488 e. The molecule has 0 saturated heterocycles. The minimum absolute atomic E-state index is 0.547. The van der Waals surface area contributed by atoms with E-state index in [0.29, 0.717) is 13.2 Å². The summed E-state index contributed by atoms with van der Waals surface area (Å²) >= 11 is 0. The Morgan fingerprint density at radius 2 is 1.03 bits per heavy atom. The predicted octanol–water partition coefficient (Wildman–Crippen LogP) is 14.8. The molecule has 12 rings (SSSR count). The summed E-state index contributed by atoms with van der Waals surface area (Å²) in [5.74, 6) is 5.86. The highest BCUT2D eigenvalue weighted by molar-refractivity contribution is 6.07. The smallest absolute Gasteiger partial charge is 0.128 e. The molecule has 72 heavy (non-hydrogen) atoms. The molecule has 6 heterocycles. The van der Waals surface area contributed by atoms with Gasteiger partial charge in [-0.05, 0) is 125 Å². The molecule has 0 unspecified atom stereocenters. The van der Waals surface area contributed by atoms with Crippen molar-refractivity contribution in [2.24, 2.45) is 0 Å². The number of aromatic amines is 4. The van der Waals surface area contributed by atoms with Crippen LogP contribution >= 0.6 is 0 Å². The van der Waals surface area contributed by atoms with Crippen LogP contribution in [0.3, 0.4) is 0 Å². The molecule has 10 nitrogen and oxygen atoms in total. The molecule has 0 saturated carbocycles. The van der Waals surface area contributed by atoms with Gasteiger partial charge in [-0.2, -0.15) is 0 Å². The summed E-state index contributed by atoms with van der Waals surface area (Å²) in [5, 5.41) is 2.29. The minimum Gasteiger partial charge on any atom is -0.488 e. The number of ether oxygens (including phenoxy) is 2. The van der Waals surface area contributed by atoms with Gasteiger partial charge >= 0.3 is 0 Å². The van der Waals surface area contributed by atoms with E-state index < -0.39 is 0 Å². The first-order chi connectivity index (χ1) is 35.5. The number of allylic oxidation sites excluding steroid dienone is 8. The van der Waals surface area contributed by atoms with Gasteiger partial charge in [0.05, 0.1) is 40.5 Å². The zero-order valence-electron chi connectivity index (χ0n) is 41.8. The quantitative estimate of drug-likeness (QED) is 0.0803. The molecular weight excluding hydrogens is 889 g/mol. The van der Waals surface area contributed by atoms with Gasteiger partial charge in [-0.25, -0.2) is 19.9 Å². The van der Waals surface area contributed by atoms with Gasteiger partial charge in [0.1, 0.15) is 48.0 Å². The monoisotopic (exact) mass is 950 g/mol. The number of hydrogen-bond donors (Lipinski definition) is 4. The number of hydrogen-bond acceptors (Lipinski definition) is 6. The second-order valence-electron chi connectivity index (χ2n) is 18.9. The van der Waals surface area contributed by atoms with Crippen molar-refractivity contribution in [2.45, 2.75) is 105 Å². The van der Waals surface area contributed by atoms with Crippen LogP contribution in [0.2, 0.25) is 0 Å². The maximum atomic E-state index is 6.29. The van der Waals surface area contributed by atoms with E-state index in [9.17, 15) is 0 Å². The molecule has 0 bridgehead atoms. The highest BCUT2D eigenvalue weighted by Crippen LogP contribution is 2.45. The van der Waals surface area contributed by atoms with Crippen LogP contribution in [0.15, 0.2) is 134 Å². The van der Waals surface area contributed by atoms with Gasteiger partial charge in [0, 0.05) is 53.5 Å². The lowest BCUT2D eigenvalue weighted by Crippen LogP contribution is -2.09. The first-order valence-corrected chi connectivity index (χ1v) is 25.9. The standard InChI is InChI=1S/C31H32N4O.C31H30N4O/c2*1-3-5-7-9-29-32-18-27(34-29)21-11-13-23-22(15-21)19-36-28-17-24-20(16-25(23)28)12-14-26-31(24)35-30(33-26)10-8-6-4-2/h5-8,11,13,15-18H,3-4,9-10,12,14,19H2,1-2H3,(H,32,34)(H,33,35);5-8,11-18H,3-4,9-10,19H2,1-2H3,(H,32,34)(H,33,35). The summed E-state index contributed by atoms with van der Waals surface area (Å²) in [6, 6.07) is 26.5. The SMILES string of the molecule is CCC=CCc1ncc(-c2ccc3c(c2)COc2cc4c(cc2-3)CCc2[nH]c(CC=CCC)nc2-4)[nH]1.CCC=CCc1ncc(-c2ccc3c(c2)COc2cc4c(ccc5[nH]c(CC=CCC)nc54)cc2-3)[nH]1. The Labute approximate surface area is 421 Å². The van der Waals surface area contributed by atoms with Crippen molar-refractivity contribution in [1.82, 2.24) is 39.9 Å². The Bertz CT molecular complexity index is 3560. The first-order valence-electron chi connectivity index (χ1n) is 25.9. The van der Waals surface area contributed by atoms with Crippen LogP contribution in [0, 0.1) is 0 Å². The van der Waals surface area contributed by atoms with Gasteiger partial charge in [0.25, 0.3) is 0 Å². The number of imidazole rings is 4. The third-order valence-electron chi connectivity index (χ3n) is 13.8. The lowest BCUT2D eigenvalue weighted by Gasteiger charge is -2.25. The van der Waals surface area contributed by atoms with E-state index >= 15 is 0 Å². The molecule has 4 aromatic heterocycles. The topological polar surface area (TPSA) is 133 Å². The van der Waals surface area contributed by atoms with E-state index in [-0.39, 0.29) is 0 Å². The zero-order chi connectivity index (χ0) is 49.0. The van der Waals surface area contributed by atoms with E-state index in [0.717, 1.165) is 149 Å². The van der Waals surface area contributed by atoms with E-state index in [2.05, 4.69) is 179 Å². The third kappa shape index (κ3) is 9.49. The molecule has 0 fully saturated rings. The fraction of sp³-hybridized carbons (Fsp3) is 0.258. The number of H-pyrrole nitrogens is 4. The Hall–Kier alpha value is -7.98. The van der Waals surface area contributed by atoms with Crippen molar-refractivity contribution in [3.05, 3.63) is 179 Å². The highest BCUT2D eigenvalue weighted by atomic mass is 16.5. The number of rotatable bonds is 14. The van der Waals surface area contributed by atoms with Gasteiger partial charge < -0.3 is 29.4 Å². The summed E-state index contributed by atoms with van der Waals surface area (Å²) in [6.07, 6.45) is 30.7. The number of fused-ring (bicyclic) bond motifs is 12. The number of aryl methyl sites for hydroxylation is 2. The first kappa shape index (κ1) is 46.4. The zero-order valence-corrected chi connectivity index (χ0v) is 41.8. The summed E-state index contributed by atoms with van der Waals surface area (Å²) in [7, 11) is 0. The van der Waals surface area contributed by atoms with Crippen LogP contribution in [0.5, 0.6) is 11.5 Å². The summed E-state index contributed by atoms with van der Waals surface area (Å²) in [5.41, 5.74) is 18.5. The maximum Gasteiger partial charge on any atom is 0.128 e. The van der Waals surface area contributed by atoms with Gasteiger partial charge in [0.15, 0.2) is 0 Å². The molecule has 9 aromatic rings. The molecule has 4 N–H and O–H groups in total. The Balaban J connectivity index is 0.000000156.